The van der Waals surface area contributed by atoms with E-state index in [1.807, 2.05) is 0 Å². The number of likely N-dealkylation sites (N-methyl/N-ethyl adjacent to an activating group) is 1. The summed E-state index contributed by atoms with van der Waals surface area (Å²) >= 11 is 5.73. The minimum Gasteiger partial charge on any atom is -0.339 e. The van der Waals surface area contributed by atoms with Crippen molar-refractivity contribution < 1.29 is 9.59 Å². The van der Waals surface area contributed by atoms with Crippen molar-refractivity contribution in [2.75, 3.05) is 39.8 Å². The monoisotopic (exact) mass is 368 g/mol. The van der Waals surface area contributed by atoms with Crippen LogP contribution >= 0.6 is 36.4 Å². The molecule has 1 aromatic heterocycles. The van der Waals surface area contributed by atoms with E-state index < -0.39 is 0 Å². The van der Waals surface area contributed by atoms with E-state index in [1.54, 1.807) is 24.1 Å². The van der Waals surface area contributed by atoms with Gasteiger partial charge in [-0.05, 0) is 12.1 Å². The van der Waals surface area contributed by atoms with Crippen molar-refractivity contribution in [2.24, 2.45) is 0 Å². The van der Waals surface area contributed by atoms with Gasteiger partial charge in [0.15, 0.2) is 0 Å². The molecule has 0 saturated carbocycles. The molecule has 22 heavy (non-hydrogen) atoms. The highest BCUT2D eigenvalue weighted by Crippen LogP contribution is 2.08. The number of nitrogens with one attached hydrogen (secondary N) is 1. The SMILES string of the molecule is CN(CC(=O)N1CCNCC1)C(=O)c1ccc(Cl)cn1.Cl.Cl. The van der Waals surface area contributed by atoms with Crippen molar-refractivity contribution in [1.29, 1.82) is 0 Å². The van der Waals surface area contributed by atoms with Gasteiger partial charge in [0.05, 0.1) is 11.6 Å². The van der Waals surface area contributed by atoms with E-state index in [-0.39, 0.29) is 48.9 Å². The van der Waals surface area contributed by atoms with Crippen LogP contribution < -0.4 is 5.32 Å². The van der Waals surface area contributed by atoms with Crippen molar-refractivity contribution in [1.82, 2.24) is 20.1 Å². The van der Waals surface area contributed by atoms with Gasteiger partial charge in [-0.1, -0.05) is 11.6 Å². The maximum atomic E-state index is 12.1. The van der Waals surface area contributed by atoms with Gasteiger partial charge in [0.1, 0.15) is 5.69 Å². The number of hydrogen-bond acceptors (Lipinski definition) is 4. The second-order valence-electron chi connectivity index (χ2n) is 4.65. The van der Waals surface area contributed by atoms with Crippen LogP contribution in [0.15, 0.2) is 18.3 Å². The Morgan fingerprint density at radius 3 is 2.50 bits per heavy atom. The molecule has 0 atom stereocenters. The smallest absolute Gasteiger partial charge is 0.272 e. The van der Waals surface area contributed by atoms with E-state index in [4.69, 9.17) is 11.6 Å². The van der Waals surface area contributed by atoms with Crippen LogP contribution in [-0.2, 0) is 4.79 Å². The summed E-state index contributed by atoms with van der Waals surface area (Å²) in [4.78, 5) is 31.3. The van der Waals surface area contributed by atoms with Gasteiger partial charge in [-0.25, -0.2) is 4.98 Å². The molecule has 124 valence electrons. The van der Waals surface area contributed by atoms with Crippen LogP contribution in [0, 0.1) is 0 Å². The number of carbonyl (C=O) groups excluding carboxylic acids is 2. The molecule has 0 aliphatic carbocycles. The second kappa shape index (κ2) is 9.84. The third-order valence-corrected chi connectivity index (χ3v) is 3.36. The molecule has 0 bridgehead atoms. The van der Waals surface area contributed by atoms with Crippen molar-refractivity contribution in [3.8, 4) is 0 Å². The first-order valence-electron chi connectivity index (χ1n) is 6.43. The lowest BCUT2D eigenvalue weighted by Crippen LogP contribution is -2.49. The van der Waals surface area contributed by atoms with E-state index in [2.05, 4.69) is 10.3 Å². The average molecular weight is 370 g/mol. The maximum Gasteiger partial charge on any atom is 0.272 e. The number of aromatic nitrogens is 1. The first-order chi connectivity index (χ1) is 9.58. The van der Waals surface area contributed by atoms with Crippen LogP contribution in [-0.4, -0.2) is 66.4 Å². The van der Waals surface area contributed by atoms with Gasteiger partial charge in [0.2, 0.25) is 5.91 Å². The molecule has 1 N–H and O–H groups in total. The average Bonchev–Trinajstić information content (AvgIpc) is 2.48. The summed E-state index contributed by atoms with van der Waals surface area (Å²) in [6.07, 6.45) is 1.42. The van der Waals surface area contributed by atoms with E-state index in [1.165, 1.54) is 11.1 Å². The Labute approximate surface area is 147 Å². The lowest BCUT2D eigenvalue weighted by molar-refractivity contribution is -0.132. The Hall–Kier alpha value is -1.08. The molecule has 0 aromatic carbocycles. The fourth-order valence-corrected chi connectivity index (χ4v) is 2.10. The van der Waals surface area contributed by atoms with Gasteiger partial charge in [-0.15, -0.1) is 24.8 Å². The van der Waals surface area contributed by atoms with Gasteiger partial charge in [-0.3, -0.25) is 9.59 Å². The molecule has 0 spiro atoms. The molecule has 1 aliphatic heterocycles. The molecule has 1 saturated heterocycles. The maximum absolute atomic E-state index is 12.1. The number of amides is 2. The van der Waals surface area contributed by atoms with Crippen LogP contribution in [0.1, 0.15) is 10.5 Å². The van der Waals surface area contributed by atoms with Crippen LogP contribution in [0.5, 0.6) is 0 Å². The number of hydrogen-bond donors (Lipinski definition) is 1. The zero-order valence-electron chi connectivity index (χ0n) is 12.1. The zero-order valence-corrected chi connectivity index (χ0v) is 14.5. The van der Waals surface area contributed by atoms with E-state index in [9.17, 15) is 9.59 Å². The van der Waals surface area contributed by atoms with E-state index in [0.717, 1.165) is 13.1 Å². The zero-order chi connectivity index (χ0) is 14.5. The van der Waals surface area contributed by atoms with Gasteiger partial charge in [-0.2, -0.15) is 0 Å². The molecule has 0 radical (unpaired) electrons. The van der Waals surface area contributed by atoms with Crippen molar-refractivity contribution in [3.05, 3.63) is 29.0 Å². The van der Waals surface area contributed by atoms with Gasteiger partial charge < -0.3 is 15.1 Å². The topological polar surface area (TPSA) is 65.5 Å². The molecular formula is C13H19Cl3N4O2. The summed E-state index contributed by atoms with van der Waals surface area (Å²) in [6, 6.07) is 3.16. The summed E-state index contributed by atoms with van der Waals surface area (Å²) in [6.45, 7) is 3.01. The van der Waals surface area contributed by atoms with Gasteiger partial charge >= 0.3 is 0 Å². The molecule has 6 nitrogen and oxygen atoms in total. The normalized spacial score (nSPS) is 13.6. The molecule has 2 amide bonds. The van der Waals surface area contributed by atoms with Crippen LogP contribution in [0.25, 0.3) is 0 Å². The van der Waals surface area contributed by atoms with Gasteiger partial charge in [0.25, 0.3) is 5.91 Å². The number of rotatable bonds is 3. The number of halogens is 3. The predicted octanol–water partition coefficient (Wildman–Crippen LogP) is 1.08. The minimum absolute atomic E-state index is 0. The van der Waals surface area contributed by atoms with E-state index >= 15 is 0 Å². The highest BCUT2D eigenvalue weighted by atomic mass is 35.5. The summed E-state index contributed by atoms with van der Waals surface area (Å²) < 4.78 is 0. The van der Waals surface area contributed by atoms with Gasteiger partial charge in [0, 0.05) is 39.4 Å². The van der Waals surface area contributed by atoms with Crippen LogP contribution in [0.3, 0.4) is 0 Å². The first-order valence-corrected chi connectivity index (χ1v) is 6.81. The largest absolute Gasteiger partial charge is 0.339 e. The molecule has 2 rings (SSSR count). The predicted molar refractivity (Wildman–Crippen MR) is 90.2 cm³/mol. The standard InChI is InChI=1S/C13H17ClN4O2.2ClH/c1-17(9-12(19)18-6-4-15-5-7-18)13(20)11-3-2-10(14)8-16-11;;/h2-3,8,15H,4-7,9H2,1H3;2*1H. The van der Waals surface area contributed by atoms with Crippen molar-refractivity contribution in [3.63, 3.8) is 0 Å². The molecule has 9 heteroatoms. The Bertz CT molecular complexity index is 493. The summed E-state index contributed by atoms with van der Waals surface area (Å²) in [7, 11) is 1.60. The number of piperazine rings is 1. The highest BCUT2D eigenvalue weighted by Gasteiger charge is 2.21. The first kappa shape index (κ1) is 20.9. The quantitative estimate of drug-likeness (QED) is 0.866. The molecule has 1 fully saturated rings. The molecule has 1 aliphatic rings. The highest BCUT2D eigenvalue weighted by molar-refractivity contribution is 6.30. The second-order valence-corrected chi connectivity index (χ2v) is 5.09. The fourth-order valence-electron chi connectivity index (χ4n) is 1.99. The number of nitrogens with zero attached hydrogens (tertiary/aromatic N) is 3. The molecule has 1 aromatic rings. The molecule has 0 unspecified atom stereocenters. The molecular weight excluding hydrogens is 351 g/mol. The van der Waals surface area contributed by atoms with E-state index in [0.29, 0.717) is 18.1 Å². The summed E-state index contributed by atoms with van der Waals surface area (Å²) in [5, 5.41) is 3.65. The lowest BCUT2D eigenvalue weighted by atomic mass is 10.3. The summed E-state index contributed by atoms with van der Waals surface area (Å²) in [5.41, 5.74) is 0.282. The Kier molecular flexibility index (Phi) is 9.36. The summed E-state index contributed by atoms with van der Waals surface area (Å²) in [5.74, 6) is -0.332. The number of pyridine rings is 1. The minimum atomic E-state index is -0.287. The van der Waals surface area contributed by atoms with Crippen LogP contribution in [0.2, 0.25) is 5.02 Å². The Morgan fingerprint density at radius 1 is 1.32 bits per heavy atom. The Morgan fingerprint density at radius 2 is 1.95 bits per heavy atom. The fraction of sp³-hybridized carbons (Fsp3) is 0.462. The van der Waals surface area contributed by atoms with Crippen molar-refractivity contribution >= 4 is 48.2 Å². The molecule has 2 heterocycles. The lowest BCUT2D eigenvalue weighted by Gasteiger charge is -2.29. The third-order valence-electron chi connectivity index (χ3n) is 3.14. The number of carbonyl (C=O) groups is 2. The van der Waals surface area contributed by atoms with Crippen molar-refractivity contribution in [2.45, 2.75) is 0 Å². The third kappa shape index (κ3) is 5.61. The van der Waals surface area contributed by atoms with Crippen LogP contribution in [0.4, 0.5) is 0 Å². The Balaban J connectivity index is 0.00000220.